The van der Waals surface area contributed by atoms with Crippen LogP contribution in [-0.4, -0.2) is 41.1 Å². The van der Waals surface area contributed by atoms with E-state index in [2.05, 4.69) is 44.2 Å². The highest BCUT2D eigenvalue weighted by molar-refractivity contribution is 7.99. The minimum Gasteiger partial charge on any atom is -0.325 e. The normalized spacial score (nSPS) is 26.9. The first-order valence-corrected chi connectivity index (χ1v) is 7.89. The van der Waals surface area contributed by atoms with Crippen LogP contribution >= 0.6 is 11.8 Å². The fourth-order valence-corrected chi connectivity index (χ4v) is 2.57. The van der Waals surface area contributed by atoms with E-state index >= 15 is 0 Å². The molecule has 0 spiro atoms. The van der Waals surface area contributed by atoms with Crippen LogP contribution in [0.25, 0.3) is 0 Å². The molecule has 1 aliphatic heterocycles. The van der Waals surface area contributed by atoms with Gasteiger partial charge in [-0.25, -0.2) is 0 Å². The number of carbonyl (C=O) groups excluding carboxylic acids is 1. The minimum atomic E-state index is 0.0145. The van der Waals surface area contributed by atoms with Gasteiger partial charge in [-0.3, -0.25) is 10.1 Å². The predicted octanol–water partition coefficient (Wildman–Crippen LogP) is 2.32. The molecule has 1 amide bonds. The van der Waals surface area contributed by atoms with Crippen molar-refractivity contribution in [3.8, 4) is 0 Å². The van der Waals surface area contributed by atoms with Crippen LogP contribution in [0.4, 0.5) is 0 Å². The molecule has 3 nitrogen and oxygen atoms in total. The van der Waals surface area contributed by atoms with Crippen LogP contribution in [0.15, 0.2) is 0 Å². The van der Waals surface area contributed by atoms with Crippen molar-refractivity contribution in [2.45, 2.75) is 58.0 Å². The van der Waals surface area contributed by atoms with Gasteiger partial charge >= 0.3 is 0 Å². The van der Waals surface area contributed by atoms with Gasteiger partial charge in [0.2, 0.25) is 5.91 Å². The molecular formula is C13H26N2OS. The van der Waals surface area contributed by atoms with E-state index in [1.165, 1.54) is 0 Å². The molecule has 0 bridgehead atoms. The lowest BCUT2D eigenvalue weighted by Crippen LogP contribution is -2.40. The molecule has 1 N–H and O–H groups in total. The number of hydrogen-bond acceptors (Lipinski definition) is 3. The molecular weight excluding hydrogens is 232 g/mol. The molecule has 1 aliphatic rings. The van der Waals surface area contributed by atoms with Gasteiger partial charge in [0.25, 0.3) is 0 Å². The number of rotatable bonds is 6. The van der Waals surface area contributed by atoms with Crippen molar-refractivity contribution in [1.29, 1.82) is 0 Å². The van der Waals surface area contributed by atoms with E-state index in [1.807, 2.05) is 11.8 Å². The Morgan fingerprint density at radius 2 is 2.06 bits per heavy atom. The maximum Gasteiger partial charge on any atom is 0.241 e. The van der Waals surface area contributed by atoms with Crippen LogP contribution in [0.3, 0.4) is 0 Å². The van der Waals surface area contributed by atoms with Crippen molar-refractivity contribution in [2.75, 3.05) is 12.8 Å². The van der Waals surface area contributed by atoms with Crippen LogP contribution < -0.4 is 5.32 Å². The summed E-state index contributed by atoms with van der Waals surface area (Å²) in [5.74, 6) is 0.663. The molecule has 0 aromatic heterocycles. The summed E-state index contributed by atoms with van der Waals surface area (Å²) in [6.45, 7) is 9.44. The Kier molecular flexibility index (Phi) is 5.80. The predicted molar refractivity (Wildman–Crippen MR) is 75.1 cm³/mol. The largest absolute Gasteiger partial charge is 0.325 e. The quantitative estimate of drug-likeness (QED) is 0.793. The van der Waals surface area contributed by atoms with Crippen molar-refractivity contribution in [3.63, 3.8) is 0 Å². The third kappa shape index (κ3) is 3.62. The molecule has 3 atom stereocenters. The Morgan fingerprint density at radius 3 is 2.53 bits per heavy atom. The summed E-state index contributed by atoms with van der Waals surface area (Å²) in [6, 6.07) is 0.0145. The summed E-state index contributed by atoms with van der Waals surface area (Å²) in [4.78, 5) is 14.4. The number of carbonyl (C=O) groups is 1. The third-order valence-electron chi connectivity index (χ3n) is 3.38. The first-order chi connectivity index (χ1) is 8.01. The molecule has 0 aromatic rings. The highest BCUT2D eigenvalue weighted by atomic mass is 32.2. The topological polar surface area (TPSA) is 32.3 Å². The number of thioether (sulfide) groups is 1. The maximum atomic E-state index is 12.3. The van der Waals surface area contributed by atoms with E-state index in [-0.39, 0.29) is 12.2 Å². The minimum absolute atomic E-state index is 0.0145. The Morgan fingerprint density at radius 1 is 1.41 bits per heavy atom. The van der Waals surface area contributed by atoms with Crippen LogP contribution in [-0.2, 0) is 4.79 Å². The maximum absolute atomic E-state index is 12.3. The molecule has 0 saturated carbocycles. The molecule has 3 unspecified atom stereocenters. The monoisotopic (exact) mass is 258 g/mol. The average molecular weight is 258 g/mol. The van der Waals surface area contributed by atoms with Gasteiger partial charge in [-0.05, 0) is 18.6 Å². The molecule has 1 saturated heterocycles. The van der Waals surface area contributed by atoms with Crippen molar-refractivity contribution < 1.29 is 4.79 Å². The van der Waals surface area contributed by atoms with E-state index < -0.39 is 0 Å². The number of nitrogens with one attached hydrogen (secondary N) is 1. The van der Waals surface area contributed by atoms with Crippen LogP contribution in [0, 0.1) is 5.92 Å². The summed E-state index contributed by atoms with van der Waals surface area (Å²) in [5, 5.41) is 3.99. The smallest absolute Gasteiger partial charge is 0.241 e. The lowest BCUT2D eigenvalue weighted by atomic mass is 10.1. The zero-order chi connectivity index (χ0) is 13.0. The molecule has 4 heteroatoms. The van der Waals surface area contributed by atoms with Crippen LogP contribution in [0.5, 0.6) is 0 Å². The van der Waals surface area contributed by atoms with Crippen molar-refractivity contribution in [3.05, 3.63) is 0 Å². The van der Waals surface area contributed by atoms with Crippen molar-refractivity contribution in [2.24, 2.45) is 5.92 Å². The van der Waals surface area contributed by atoms with Gasteiger partial charge in [-0.1, -0.05) is 34.1 Å². The van der Waals surface area contributed by atoms with E-state index in [0.717, 1.165) is 19.4 Å². The highest BCUT2D eigenvalue weighted by Gasteiger charge is 2.39. The second-order valence-corrected chi connectivity index (χ2v) is 6.51. The zero-order valence-corrected chi connectivity index (χ0v) is 12.5. The lowest BCUT2D eigenvalue weighted by molar-refractivity contribution is -0.130. The average Bonchev–Trinajstić information content (AvgIpc) is 2.58. The Hall–Kier alpha value is -0.220. The summed E-state index contributed by atoms with van der Waals surface area (Å²) >= 11 is 1.82. The SMILES string of the molecule is CCCC1NC(C(C)C)C(=O)N1CC(C)SC. The first kappa shape index (κ1) is 14.8. The van der Waals surface area contributed by atoms with Gasteiger partial charge in [-0.15, -0.1) is 0 Å². The van der Waals surface area contributed by atoms with Crippen LogP contribution in [0.2, 0.25) is 0 Å². The second-order valence-electron chi connectivity index (χ2n) is 5.23. The molecule has 0 aliphatic carbocycles. The third-order valence-corrected chi connectivity index (χ3v) is 4.34. The van der Waals surface area contributed by atoms with E-state index in [0.29, 0.717) is 17.1 Å². The van der Waals surface area contributed by atoms with Gasteiger partial charge in [0.05, 0.1) is 12.2 Å². The fourth-order valence-electron chi connectivity index (χ4n) is 2.26. The Balaban J connectivity index is 2.71. The lowest BCUT2D eigenvalue weighted by Gasteiger charge is -2.26. The molecule has 0 aromatic carbocycles. The van der Waals surface area contributed by atoms with E-state index in [9.17, 15) is 4.79 Å². The summed E-state index contributed by atoms with van der Waals surface area (Å²) < 4.78 is 0. The summed E-state index contributed by atoms with van der Waals surface area (Å²) in [6.07, 6.45) is 4.51. The number of nitrogens with zero attached hydrogens (tertiary/aromatic N) is 1. The molecule has 17 heavy (non-hydrogen) atoms. The summed E-state index contributed by atoms with van der Waals surface area (Å²) in [5.41, 5.74) is 0. The molecule has 1 rings (SSSR count). The first-order valence-electron chi connectivity index (χ1n) is 6.60. The molecule has 100 valence electrons. The van der Waals surface area contributed by atoms with Gasteiger partial charge in [0.15, 0.2) is 0 Å². The summed E-state index contributed by atoms with van der Waals surface area (Å²) in [7, 11) is 0. The highest BCUT2D eigenvalue weighted by Crippen LogP contribution is 2.21. The molecule has 1 heterocycles. The number of amides is 1. The fraction of sp³-hybridized carbons (Fsp3) is 0.923. The van der Waals surface area contributed by atoms with Gasteiger partial charge < -0.3 is 4.90 Å². The van der Waals surface area contributed by atoms with Crippen LogP contribution in [0.1, 0.15) is 40.5 Å². The van der Waals surface area contributed by atoms with Gasteiger partial charge in [0.1, 0.15) is 0 Å². The number of hydrogen-bond donors (Lipinski definition) is 1. The Bertz CT molecular complexity index is 258. The van der Waals surface area contributed by atoms with E-state index in [1.54, 1.807) is 0 Å². The van der Waals surface area contributed by atoms with Crippen molar-refractivity contribution >= 4 is 17.7 Å². The Labute approximate surface area is 110 Å². The zero-order valence-electron chi connectivity index (χ0n) is 11.7. The van der Waals surface area contributed by atoms with Crippen molar-refractivity contribution in [1.82, 2.24) is 10.2 Å². The standard InChI is InChI=1S/C13H26N2OS/c1-6-7-11-14-12(9(2)3)13(16)15(11)8-10(4)17-5/h9-12,14H,6-8H2,1-5H3. The van der Waals surface area contributed by atoms with E-state index in [4.69, 9.17) is 0 Å². The molecule has 1 fully saturated rings. The molecule has 0 radical (unpaired) electrons. The van der Waals surface area contributed by atoms with Gasteiger partial charge in [0, 0.05) is 11.8 Å². The van der Waals surface area contributed by atoms with Gasteiger partial charge in [-0.2, -0.15) is 11.8 Å². The second kappa shape index (κ2) is 6.64.